The third-order valence-corrected chi connectivity index (χ3v) is 7.08. The fraction of sp³-hybridized carbons (Fsp3) is 0.182. The second-order valence-electron chi connectivity index (χ2n) is 5.97. The summed E-state index contributed by atoms with van der Waals surface area (Å²) in [5.74, 6) is 1.05. The fourth-order valence-corrected chi connectivity index (χ4v) is 5.95. The van der Waals surface area contributed by atoms with Crippen LogP contribution in [-0.2, 0) is 0 Å². The number of hydrogen-bond donors (Lipinski definition) is 1. The van der Waals surface area contributed by atoms with Crippen molar-refractivity contribution in [1.29, 1.82) is 0 Å². The van der Waals surface area contributed by atoms with Crippen molar-refractivity contribution in [1.82, 2.24) is 0 Å². The Bertz CT molecular complexity index is 908. The second-order valence-corrected chi connectivity index (χ2v) is 8.01. The normalized spacial score (nSPS) is 10.7. The number of rotatable bonds is 7. The number of ether oxygens (including phenoxy) is 4. The number of hydrogen-bond acceptors (Lipinski definition) is 5. The lowest BCUT2D eigenvalue weighted by Gasteiger charge is -2.26. The summed E-state index contributed by atoms with van der Waals surface area (Å²) < 4.78 is 36.8. The minimum absolute atomic E-state index is 0.394. The van der Waals surface area contributed by atoms with Crippen LogP contribution in [0.2, 0.25) is 0 Å². The molecule has 0 heterocycles. The van der Waals surface area contributed by atoms with Crippen LogP contribution in [0.25, 0.3) is 0 Å². The van der Waals surface area contributed by atoms with Gasteiger partial charge in [0.15, 0.2) is 11.6 Å². The molecular formula is C22H22FO5P. The molecule has 5 nitrogen and oxygen atoms in total. The number of benzene rings is 3. The van der Waals surface area contributed by atoms with Crippen molar-refractivity contribution in [2.24, 2.45) is 0 Å². The predicted molar refractivity (Wildman–Crippen MR) is 113 cm³/mol. The van der Waals surface area contributed by atoms with Crippen LogP contribution in [0.15, 0.2) is 54.6 Å². The van der Waals surface area contributed by atoms with Crippen LogP contribution in [0.5, 0.6) is 28.7 Å². The molecule has 0 aliphatic heterocycles. The van der Waals surface area contributed by atoms with E-state index < -0.39 is 19.5 Å². The van der Waals surface area contributed by atoms with Crippen LogP contribution in [0.3, 0.4) is 0 Å². The summed E-state index contributed by atoms with van der Waals surface area (Å²) >= 11 is 0. The van der Waals surface area contributed by atoms with Gasteiger partial charge in [-0.05, 0) is 36.4 Å². The first-order valence-electron chi connectivity index (χ1n) is 8.76. The van der Waals surface area contributed by atoms with Crippen LogP contribution >= 0.6 is 7.92 Å². The highest BCUT2D eigenvalue weighted by Crippen LogP contribution is 2.47. The van der Waals surface area contributed by atoms with Gasteiger partial charge in [-0.2, -0.15) is 0 Å². The van der Waals surface area contributed by atoms with Crippen molar-refractivity contribution in [3.8, 4) is 28.7 Å². The van der Waals surface area contributed by atoms with E-state index in [1.807, 2.05) is 0 Å². The predicted octanol–water partition coefficient (Wildman–Crippen LogP) is 3.32. The summed E-state index contributed by atoms with van der Waals surface area (Å²) in [5.41, 5.74) is 0. The first kappa shape index (κ1) is 20.7. The maximum Gasteiger partial charge on any atom is 0.165 e. The molecule has 0 radical (unpaired) electrons. The summed E-state index contributed by atoms with van der Waals surface area (Å²) in [4.78, 5) is 0. The first-order valence-corrected chi connectivity index (χ1v) is 10.1. The van der Waals surface area contributed by atoms with Gasteiger partial charge in [-0.3, -0.25) is 0 Å². The first-order chi connectivity index (χ1) is 14.1. The second kappa shape index (κ2) is 9.01. The van der Waals surface area contributed by atoms with Crippen molar-refractivity contribution in [2.75, 3.05) is 28.4 Å². The van der Waals surface area contributed by atoms with E-state index in [1.165, 1.54) is 6.07 Å². The summed E-state index contributed by atoms with van der Waals surface area (Å²) in [6.45, 7) is 0. The Balaban J connectivity index is 2.46. The van der Waals surface area contributed by atoms with Gasteiger partial charge in [0.05, 0.1) is 39.0 Å². The van der Waals surface area contributed by atoms with Gasteiger partial charge in [0, 0.05) is 13.2 Å². The quantitative estimate of drug-likeness (QED) is 0.599. The van der Waals surface area contributed by atoms with Gasteiger partial charge in [-0.1, -0.05) is 18.2 Å². The van der Waals surface area contributed by atoms with Crippen molar-refractivity contribution in [3.63, 3.8) is 0 Å². The van der Waals surface area contributed by atoms with Crippen LogP contribution in [0.1, 0.15) is 0 Å². The highest BCUT2D eigenvalue weighted by Gasteiger charge is 2.32. The Kier molecular flexibility index (Phi) is 6.45. The van der Waals surface area contributed by atoms with E-state index in [-0.39, 0.29) is 0 Å². The Morgan fingerprint density at radius 1 is 0.655 bits per heavy atom. The molecule has 0 aliphatic rings. The van der Waals surface area contributed by atoms with E-state index >= 15 is 0 Å². The number of aromatic hydroxyl groups is 1. The van der Waals surface area contributed by atoms with E-state index in [2.05, 4.69) is 0 Å². The molecule has 0 amide bonds. The van der Waals surface area contributed by atoms with E-state index in [4.69, 9.17) is 18.9 Å². The molecule has 3 aromatic carbocycles. The summed E-state index contributed by atoms with van der Waals surface area (Å²) in [6.07, 6.45) is 0. The van der Waals surface area contributed by atoms with E-state index in [1.54, 1.807) is 77.0 Å². The number of para-hydroxylation sites is 1. The average molecular weight is 416 g/mol. The highest BCUT2D eigenvalue weighted by molar-refractivity contribution is 7.80. The number of phenols is 1. The summed E-state index contributed by atoms with van der Waals surface area (Å²) in [6, 6.07) is 15.3. The molecule has 152 valence electrons. The van der Waals surface area contributed by atoms with E-state index in [0.29, 0.717) is 38.9 Å². The average Bonchev–Trinajstić information content (AvgIpc) is 2.76. The van der Waals surface area contributed by atoms with Crippen molar-refractivity contribution >= 4 is 23.8 Å². The molecule has 3 rings (SSSR count). The Morgan fingerprint density at radius 3 is 1.41 bits per heavy atom. The van der Waals surface area contributed by atoms with Gasteiger partial charge < -0.3 is 24.1 Å². The van der Waals surface area contributed by atoms with E-state index in [9.17, 15) is 9.50 Å². The molecule has 0 aliphatic carbocycles. The highest BCUT2D eigenvalue weighted by atomic mass is 31.1. The minimum Gasteiger partial charge on any atom is -0.504 e. The van der Waals surface area contributed by atoms with Gasteiger partial charge in [0.25, 0.3) is 0 Å². The van der Waals surface area contributed by atoms with Gasteiger partial charge in [-0.25, -0.2) is 4.39 Å². The number of halogens is 1. The van der Waals surface area contributed by atoms with Crippen LogP contribution in [-0.4, -0.2) is 33.5 Å². The van der Waals surface area contributed by atoms with E-state index in [0.717, 1.165) is 0 Å². The van der Waals surface area contributed by atoms with Crippen molar-refractivity contribution in [2.45, 2.75) is 0 Å². The third-order valence-electron chi connectivity index (χ3n) is 4.46. The molecule has 0 spiro atoms. The molecular weight excluding hydrogens is 394 g/mol. The fourth-order valence-electron chi connectivity index (χ4n) is 3.14. The largest absolute Gasteiger partial charge is 0.504 e. The lowest BCUT2D eigenvalue weighted by Crippen LogP contribution is -2.26. The third kappa shape index (κ3) is 3.81. The molecule has 0 aromatic heterocycles. The van der Waals surface area contributed by atoms with Gasteiger partial charge in [-0.15, -0.1) is 0 Å². The zero-order valence-corrected chi connectivity index (χ0v) is 17.5. The lowest BCUT2D eigenvalue weighted by atomic mass is 10.3. The van der Waals surface area contributed by atoms with Crippen LogP contribution in [0.4, 0.5) is 4.39 Å². The zero-order chi connectivity index (χ0) is 21.0. The van der Waals surface area contributed by atoms with Gasteiger partial charge in [0.2, 0.25) is 0 Å². The number of methoxy groups -OCH3 is 4. The smallest absolute Gasteiger partial charge is 0.165 e. The molecule has 7 heteroatoms. The number of phenolic OH excluding ortho intramolecular Hbond substituents is 1. The Labute approximate surface area is 170 Å². The lowest BCUT2D eigenvalue weighted by molar-refractivity contribution is 0.399. The standard InChI is InChI=1S/C22H22FO5P/c1-25-15-9-6-10-16(26-2)21(15)29(19-13-5-8-14(23)20(19)24)22-17(27-3)11-7-12-18(22)28-4/h5-13,24H,1-4H3. The van der Waals surface area contributed by atoms with Crippen LogP contribution in [0, 0.1) is 5.82 Å². The van der Waals surface area contributed by atoms with Crippen LogP contribution < -0.4 is 34.9 Å². The van der Waals surface area contributed by atoms with Gasteiger partial charge >= 0.3 is 0 Å². The monoisotopic (exact) mass is 416 g/mol. The van der Waals surface area contributed by atoms with Crippen molar-refractivity contribution < 1.29 is 28.4 Å². The molecule has 0 unspecified atom stereocenters. The maximum atomic E-state index is 14.3. The molecule has 0 bridgehead atoms. The van der Waals surface area contributed by atoms with Gasteiger partial charge in [0.1, 0.15) is 23.0 Å². The topological polar surface area (TPSA) is 57.2 Å². The zero-order valence-electron chi connectivity index (χ0n) is 16.6. The summed E-state index contributed by atoms with van der Waals surface area (Å²) in [7, 11) is 4.63. The molecule has 1 N–H and O–H groups in total. The molecule has 29 heavy (non-hydrogen) atoms. The molecule has 0 fully saturated rings. The van der Waals surface area contributed by atoms with Crippen molar-refractivity contribution in [3.05, 3.63) is 60.4 Å². The molecule has 3 aromatic rings. The Morgan fingerprint density at radius 2 is 1.03 bits per heavy atom. The molecule has 0 atom stereocenters. The molecule has 0 saturated carbocycles. The summed E-state index contributed by atoms with van der Waals surface area (Å²) in [5, 5.41) is 12.4. The maximum absolute atomic E-state index is 14.3. The minimum atomic E-state index is -1.58. The Hall–Kier alpha value is -2.98. The molecule has 0 saturated heterocycles. The SMILES string of the molecule is COc1cccc(OC)c1P(c1cccc(F)c1O)c1c(OC)cccc1OC.